The van der Waals surface area contributed by atoms with Gasteiger partial charge in [0.05, 0.1) is 16.8 Å². The zero-order valence-corrected chi connectivity index (χ0v) is 10.9. The molecule has 0 atom stereocenters. The van der Waals surface area contributed by atoms with Gasteiger partial charge in [-0.2, -0.15) is 0 Å². The van der Waals surface area contributed by atoms with Gasteiger partial charge in [0.15, 0.2) is 5.75 Å². The van der Waals surface area contributed by atoms with Gasteiger partial charge in [-0.05, 0) is 18.2 Å². The number of anilines is 1. The lowest BCUT2D eigenvalue weighted by atomic mass is 10.2. The average molecular weight is 272 g/mol. The predicted octanol–water partition coefficient (Wildman–Crippen LogP) is 3.16. The summed E-state index contributed by atoms with van der Waals surface area (Å²) >= 11 is 1.54. The molecule has 0 radical (unpaired) electrons. The van der Waals surface area contributed by atoms with Gasteiger partial charge < -0.3 is 15.6 Å². The minimum absolute atomic E-state index is 0.0744. The maximum Gasteiger partial charge on any atom is 0.152 e. The van der Waals surface area contributed by atoms with Crippen molar-refractivity contribution in [3.8, 4) is 11.5 Å². The third kappa shape index (κ3) is 2.14. The van der Waals surface area contributed by atoms with Crippen LogP contribution in [0.5, 0.6) is 11.5 Å². The van der Waals surface area contributed by atoms with Crippen molar-refractivity contribution in [3.05, 3.63) is 47.5 Å². The number of thiazole rings is 1. The van der Waals surface area contributed by atoms with Crippen LogP contribution < -0.4 is 10.5 Å². The van der Waals surface area contributed by atoms with Crippen LogP contribution in [0.3, 0.4) is 0 Å². The third-order valence-corrected chi connectivity index (χ3v) is 3.66. The molecule has 0 aliphatic rings. The molecule has 4 nitrogen and oxygen atoms in total. The Kier molecular flexibility index (Phi) is 3.06. The number of hydrogen-bond acceptors (Lipinski definition) is 5. The Hall–Kier alpha value is -2.11. The summed E-state index contributed by atoms with van der Waals surface area (Å²) in [7, 11) is 0. The first-order chi connectivity index (χ1) is 9.29. The number of aliphatic hydroxyl groups is 1. The number of aromatic nitrogens is 1. The van der Waals surface area contributed by atoms with E-state index in [0.717, 1.165) is 15.8 Å². The van der Waals surface area contributed by atoms with Crippen LogP contribution in [-0.4, -0.2) is 10.1 Å². The first-order valence-electron chi connectivity index (χ1n) is 5.78. The summed E-state index contributed by atoms with van der Waals surface area (Å²) in [4.78, 5) is 4.23. The van der Waals surface area contributed by atoms with Crippen LogP contribution in [-0.2, 0) is 6.61 Å². The standard InChI is InChI=1S/C14H12N2O2S/c15-13-11(5-6-12-14(13)16-8-19-12)18-10-4-2-1-3-9(10)7-17/h1-6,8,17H,7,15H2. The Bertz CT molecular complexity index is 724. The molecule has 0 spiro atoms. The Morgan fingerprint density at radius 3 is 2.84 bits per heavy atom. The number of benzene rings is 2. The molecule has 3 rings (SSSR count). The van der Waals surface area contributed by atoms with Crippen LogP contribution in [0.2, 0.25) is 0 Å². The lowest BCUT2D eigenvalue weighted by molar-refractivity contribution is 0.276. The molecule has 1 heterocycles. The summed E-state index contributed by atoms with van der Waals surface area (Å²) in [6, 6.07) is 11.1. The lowest BCUT2D eigenvalue weighted by Crippen LogP contribution is -1.95. The molecular formula is C14H12N2O2S. The number of para-hydroxylation sites is 1. The van der Waals surface area contributed by atoms with Crippen molar-refractivity contribution < 1.29 is 9.84 Å². The van der Waals surface area contributed by atoms with Gasteiger partial charge in [0.2, 0.25) is 0 Å². The molecule has 19 heavy (non-hydrogen) atoms. The topological polar surface area (TPSA) is 68.4 Å². The van der Waals surface area contributed by atoms with Crippen molar-refractivity contribution in [1.82, 2.24) is 4.98 Å². The average Bonchev–Trinajstić information content (AvgIpc) is 2.92. The predicted molar refractivity (Wildman–Crippen MR) is 76.5 cm³/mol. The first kappa shape index (κ1) is 12.0. The molecule has 5 heteroatoms. The minimum atomic E-state index is -0.0744. The fourth-order valence-corrected chi connectivity index (χ4v) is 2.57. The Balaban J connectivity index is 2.03. The highest BCUT2D eigenvalue weighted by Gasteiger charge is 2.10. The quantitative estimate of drug-likeness (QED) is 0.719. The maximum atomic E-state index is 9.28. The smallest absolute Gasteiger partial charge is 0.152 e. The molecule has 0 unspecified atom stereocenters. The molecule has 0 aliphatic heterocycles. The van der Waals surface area contributed by atoms with Crippen LogP contribution in [0.15, 0.2) is 41.9 Å². The number of hydrogen-bond donors (Lipinski definition) is 2. The van der Waals surface area contributed by atoms with Crippen LogP contribution in [0.1, 0.15) is 5.56 Å². The molecule has 0 bridgehead atoms. The summed E-state index contributed by atoms with van der Waals surface area (Å²) in [5, 5.41) is 9.28. The SMILES string of the molecule is Nc1c(Oc2ccccc2CO)ccc2scnc12. The van der Waals surface area contributed by atoms with Crippen molar-refractivity contribution >= 4 is 27.2 Å². The van der Waals surface area contributed by atoms with Crippen molar-refractivity contribution in [2.75, 3.05) is 5.73 Å². The Morgan fingerprint density at radius 1 is 1.16 bits per heavy atom. The van der Waals surface area contributed by atoms with E-state index in [2.05, 4.69) is 4.98 Å². The number of nitrogen functional groups attached to an aromatic ring is 1. The van der Waals surface area contributed by atoms with Gasteiger partial charge >= 0.3 is 0 Å². The van der Waals surface area contributed by atoms with Crippen molar-refractivity contribution in [2.45, 2.75) is 6.61 Å². The summed E-state index contributed by atoms with van der Waals surface area (Å²) in [6.45, 7) is -0.0744. The molecule has 0 saturated carbocycles. The Morgan fingerprint density at radius 2 is 2.00 bits per heavy atom. The second-order valence-electron chi connectivity index (χ2n) is 4.04. The maximum absolute atomic E-state index is 9.28. The van der Waals surface area contributed by atoms with E-state index in [0.29, 0.717) is 17.2 Å². The van der Waals surface area contributed by atoms with Gasteiger partial charge in [-0.25, -0.2) is 4.98 Å². The zero-order chi connectivity index (χ0) is 13.2. The summed E-state index contributed by atoms with van der Waals surface area (Å²) in [5.74, 6) is 1.16. The van der Waals surface area contributed by atoms with Crippen LogP contribution in [0.25, 0.3) is 10.2 Å². The molecule has 0 amide bonds. The van der Waals surface area contributed by atoms with Gasteiger partial charge in [-0.3, -0.25) is 0 Å². The normalized spacial score (nSPS) is 10.8. The van der Waals surface area contributed by atoms with Gasteiger partial charge in [0, 0.05) is 5.56 Å². The van der Waals surface area contributed by atoms with Crippen molar-refractivity contribution in [1.29, 1.82) is 0 Å². The number of nitrogens with zero attached hydrogens (tertiary/aromatic N) is 1. The van der Waals surface area contributed by atoms with E-state index in [4.69, 9.17) is 10.5 Å². The van der Waals surface area contributed by atoms with E-state index in [1.54, 1.807) is 11.6 Å². The molecule has 0 fully saturated rings. The van der Waals surface area contributed by atoms with Gasteiger partial charge in [0.1, 0.15) is 17.0 Å². The van der Waals surface area contributed by atoms with Gasteiger partial charge in [-0.1, -0.05) is 18.2 Å². The number of nitrogens with two attached hydrogens (primary N) is 1. The van der Waals surface area contributed by atoms with E-state index in [1.807, 2.05) is 30.3 Å². The van der Waals surface area contributed by atoms with E-state index < -0.39 is 0 Å². The second-order valence-corrected chi connectivity index (χ2v) is 4.93. The fraction of sp³-hybridized carbons (Fsp3) is 0.0714. The number of aliphatic hydroxyl groups excluding tert-OH is 1. The lowest BCUT2D eigenvalue weighted by Gasteiger charge is -2.11. The number of fused-ring (bicyclic) bond motifs is 1. The van der Waals surface area contributed by atoms with E-state index >= 15 is 0 Å². The summed E-state index contributed by atoms with van der Waals surface area (Å²) in [5.41, 5.74) is 9.81. The highest BCUT2D eigenvalue weighted by Crippen LogP contribution is 2.35. The molecule has 1 aromatic heterocycles. The fourth-order valence-electron chi connectivity index (χ4n) is 1.88. The van der Waals surface area contributed by atoms with Crippen molar-refractivity contribution in [2.24, 2.45) is 0 Å². The third-order valence-electron chi connectivity index (χ3n) is 2.86. The molecule has 96 valence electrons. The molecule has 0 saturated heterocycles. The Labute approximate surface area is 114 Å². The highest BCUT2D eigenvalue weighted by atomic mass is 32.1. The molecular weight excluding hydrogens is 260 g/mol. The van der Waals surface area contributed by atoms with Crippen LogP contribution in [0.4, 0.5) is 5.69 Å². The minimum Gasteiger partial charge on any atom is -0.455 e. The van der Waals surface area contributed by atoms with E-state index in [9.17, 15) is 5.11 Å². The molecule has 2 aromatic carbocycles. The van der Waals surface area contributed by atoms with E-state index in [1.165, 1.54) is 11.3 Å². The largest absolute Gasteiger partial charge is 0.455 e. The van der Waals surface area contributed by atoms with Crippen molar-refractivity contribution in [3.63, 3.8) is 0 Å². The highest BCUT2D eigenvalue weighted by molar-refractivity contribution is 7.16. The zero-order valence-electron chi connectivity index (χ0n) is 10.0. The monoisotopic (exact) mass is 272 g/mol. The van der Waals surface area contributed by atoms with Gasteiger partial charge in [-0.15, -0.1) is 11.3 Å². The van der Waals surface area contributed by atoms with Crippen LogP contribution >= 0.6 is 11.3 Å². The summed E-state index contributed by atoms with van der Waals surface area (Å²) in [6.07, 6.45) is 0. The number of rotatable bonds is 3. The first-order valence-corrected chi connectivity index (χ1v) is 6.66. The second kappa shape index (κ2) is 4.87. The van der Waals surface area contributed by atoms with E-state index in [-0.39, 0.29) is 6.61 Å². The molecule has 3 N–H and O–H groups in total. The number of ether oxygens (including phenoxy) is 1. The van der Waals surface area contributed by atoms with Gasteiger partial charge in [0.25, 0.3) is 0 Å². The molecule has 3 aromatic rings. The summed E-state index contributed by atoms with van der Waals surface area (Å²) < 4.78 is 6.82. The van der Waals surface area contributed by atoms with Crippen LogP contribution in [0, 0.1) is 0 Å². The molecule has 0 aliphatic carbocycles.